The van der Waals surface area contributed by atoms with E-state index >= 15 is 0 Å². The summed E-state index contributed by atoms with van der Waals surface area (Å²) in [6, 6.07) is 9.23. The average molecular weight is 287 g/mol. The van der Waals surface area contributed by atoms with Crippen LogP contribution in [0.15, 0.2) is 24.3 Å². The second-order valence-electron chi connectivity index (χ2n) is 4.29. The topological polar surface area (TPSA) is 59.6 Å². The van der Waals surface area contributed by atoms with Crippen LogP contribution in [0.2, 0.25) is 0 Å². The van der Waals surface area contributed by atoms with E-state index in [-0.39, 0.29) is 0 Å². The van der Waals surface area contributed by atoms with Crippen molar-refractivity contribution in [3.8, 4) is 12.1 Å². The first-order valence-corrected chi connectivity index (χ1v) is 5.84. The van der Waals surface area contributed by atoms with Gasteiger partial charge in [0, 0.05) is 5.69 Å². The Balaban J connectivity index is 2.63. The zero-order valence-corrected chi connectivity index (χ0v) is 10.8. The Morgan fingerprint density at radius 3 is 2.14 bits per heavy atom. The highest BCUT2D eigenvalue weighted by Gasteiger charge is 2.25. The fourth-order valence-corrected chi connectivity index (χ4v) is 1.85. The third-order valence-electron chi connectivity index (χ3n) is 2.83. The minimum atomic E-state index is -1.55. The maximum Gasteiger partial charge on any atom is 0.186 e. The summed E-state index contributed by atoms with van der Waals surface area (Å²) in [7, 11) is 0. The summed E-state index contributed by atoms with van der Waals surface area (Å²) >= 11 is 0. The van der Waals surface area contributed by atoms with E-state index in [9.17, 15) is 13.2 Å². The van der Waals surface area contributed by atoms with Crippen molar-refractivity contribution in [3.05, 3.63) is 58.4 Å². The number of rotatable bonds is 2. The van der Waals surface area contributed by atoms with Crippen LogP contribution in [0.5, 0.6) is 0 Å². The van der Waals surface area contributed by atoms with E-state index in [4.69, 9.17) is 10.5 Å². The lowest BCUT2D eigenvalue weighted by atomic mass is 10.1. The fraction of sp³-hybridized carbons (Fsp3) is 0.0667. The molecule has 0 fully saturated rings. The summed E-state index contributed by atoms with van der Waals surface area (Å²) in [6.07, 6.45) is 0. The highest BCUT2D eigenvalue weighted by molar-refractivity contribution is 5.66. The van der Waals surface area contributed by atoms with Crippen LogP contribution in [-0.2, 0) is 0 Å². The minimum absolute atomic E-state index is 0.334. The van der Waals surface area contributed by atoms with Gasteiger partial charge < -0.3 is 5.32 Å². The third kappa shape index (κ3) is 2.52. The SMILES string of the molecule is Cc1cccc(Nc2c(F)c(F)c(C#N)c(C#N)c2F)c1. The van der Waals surface area contributed by atoms with Gasteiger partial charge in [0.05, 0.1) is 0 Å². The maximum absolute atomic E-state index is 14.1. The number of hydrogen-bond acceptors (Lipinski definition) is 3. The molecule has 1 N–H and O–H groups in total. The molecular formula is C15H8F3N3. The summed E-state index contributed by atoms with van der Waals surface area (Å²) in [6.45, 7) is 1.78. The second kappa shape index (κ2) is 5.56. The molecule has 2 aromatic rings. The van der Waals surface area contributed by atoms with Crippen molar-refractivity contribution in [2.24, 2.45) is 0 Å². The van der Waals surface area contributed by atoms with E-state index in [0.717, 1.165) is 5.56 Å². The summed E-state index contributed by atoms with van der Waals surface area (Å²) in [5, 5.41) is 19.9. The molecule has 0 spiro atoms. The van der Waals surface area contributed by atoms with Crippen LogP contribution in [0.25, 0.3) is 0 Å². The first-order valence-electron chi connectivity index (χ1n) is 5.84. The smallest absolute Gasteiger partial charge is 0.186 e. The number of halogens is 3. The van der Waals surface area contributed by atoms with Crippen molar-refractivity contribution in [3.63, 3.8) is 0 Å². The van der Waals surface area contributed by atoms with Crippen LogP contribution in [-0.4, -0.2) is 0 Å². The largest absolute Gasteiger partial charge is 0.351 e. The van der Waals surface area contributed by atoms with Crippen LogP contribution in [0.1, 0.15) is 16.7 Å². The quantitative estimate of drug-likeness (QED) is 0.852. The molecule has 0 unspecified atom stereocenters. The van der Waals surface area contributed by atoms with Crippen LogP contribution < -0.4 is 5.32 Å². The molecule has 0 amide bonds. The number of anilines is 2. The van der Waals surface area contributed by atoms with Gasteiger partial charge in [-0.15, -0.1) is 0 Å². The molecule has 104 valence electrons. The van der Waals surface area contributed by atoms with Gasteiger partial charge in [0.15, 0.2) is 17.5 Å². The maximum atomic E-state index is 14.1. The summed E-state index contributed by atoms with van der Waals surface area (Å²) in [4.78, 5) is 0. The fourth-order valence-electron chi connectivity index (χ4n) is 1.85. The van der Waals surface area contributed by atoms with Crippen LogP contribution in [0.3, 0.4) is 0 Å². The van der Waals surface area contributed by atoms with Crippen molar-refractivity contribution in [1.29, 1.82) is 10.5 Å². The highest BCUT2D eigenvalue weighted by atomic mass is 19.2. The molecule has 0 atom stereocenters. The standard InChI is InChI=1S/C15H8F3N3/c1-8-3-2-4-9(5-8)21-15-13(17)11(7-20)10(6-19)12(16)14(15)18/h2-5,21H,1H3. The first kappa shape index (κ1) is 14.4. The third-order valence-corrected chi connectivity index (χ3v) is 2.83. The van der Waals surface area contributed by atoms with Gasteiger partial charge in [-0.25, -0.2) is 13.2 Å². The molecule has 21 heavy (non-hydrogen) atoms. The lowest BCUT2D eigenvalue weighted by Gasteiger charge is -2.12. The lowest BCUT2D eigenvalue weighted by Crippen LogP contribution is -2.06. The number of benzene rings is 2. The van der Waals surface area contributed by atoms with Gasteiger partial charge in [-0.3, -0.25) is 0 Å². The van der Waals surface area contributed by atoms with E-state index in [1.165, 1.54) is 18.2 Å². The van der Waals surface area contributed by atoms with Crippen molar-refractivity contribution < 1.29 is 13.2 Å². The predicted octanol–water partition coefficient (Wildman–Crippen LogP) is 3.90. The first-order chi connectivity index (χ1) is 9.99. The Kier molecular flexibility index (Phi) is 3.82. The molecule has 3 nitrogen and oxygen atoms in total. The van der Waals surface area contributed by atoms with E-state index in [1.807, 2.05) is 0 Å². The molecule has 6 heteroatoms. The molecule has 0 heterocycles. The highest BCUT2D eigenvalue weighted by Crippen LogP contribution is 2.30. The van der Waals surface area contributed by atoms with Gasteiger partial charge in [0.25, 0.3) is 0 Å². The predicted molar refractivity (Wildman–Crippen MR) is 70.2 cm³/mol. The van der Waals surface area contributed by atoms with Crippen molar-refractivity contribution >= 4 is 11.4 Å². The molecular weight excluding hydrogens is 279 g/mol. The Morgan fingerprint density at radius 1 is 0.952 bits per heavy atom. The number of nitrogens with one attached hydrogen (secondary N) is 1. The molecule has 0 saturated carbocycles. The Bertz CT molecular complexity index is 801. The van der Waals surface area contributed by atoms with Crippen LogP contribution >= 0.6 is 0 Å². The molecule has 0 radical (unpaired) electrons. The van der Waals surface area contributed by atoms with E-state index in [1.54, 1.807) is 25.1 Å². The van der Waals surface area contributed by atoms with Gasteiger partial charge in [-0.1, -0.05) is 12.1 Å². The van der Waals surface area contributed by atoms with E-state index in [2.05, 4.69) is 5.32 Å². The normalized spacial score (nSPS) is 9.81. The summed E-state index contributed by atoms with van der Waals surface area (Å²) in [5.74, 6) is -4.38. The average Bonchev–Trinajstić information content (AvgIpc) is 2.47. The minimum Gasteiger partial charge on any atom is -0.351 e. The van der Waals surface area contributed by atoms with E-state index < -0.39 is 34.3 Å². The summed E-state index contributed by atoms with van der Waals surface area (Å²) < 4.78 is 41.7. The second-order valence-corrected chi connectivity index (χ2v) is 4.29. The van der Waals surface area contributed by atoms with Crippen molar-refractivity contribution in [2.75, 3.05) is 5.32 Å². The summed E-state index contributed by atoms with van der Waals surface area (Å²) in [5.41, 5.74) is -1.40. The van der Waals surface area contributed by atoms with E-state index in [0.29, 0.717) is 5.69 Å². The van der Waals surface area contributed by atoms with Crippen molar-refractivity contribution in [2.45, 2.75) is 6.92 Å². The van der Waals surface area contributed by atoms with Crippen LogP contribution in [0, 0.1) is 47.0 Å². The van der Waals surface area contributed by atoms with Crippen molar-refractivity contribution in [1.82, 2.24) is 0 Å². The lowest BCUT2D eigenvalue weighted by molar-refractivity contribution is 0.496. The van der Waals surface area contributed by atoms with Gasteiger partial charge in [0.1, 0.15) is 29.0 Å². The zero-order valence-electron chi connectivity index (χ0n) is 10.8. The Labute approximate surface area is 118 Å². The molecule has 0 aromatic heterocycles. The molecule has 2 aromatic carbocycles. The van der Waals surface area contributed by atoms with Gasteiger partial charge in [-0.05, 0) is 24.6 Å². The monoisotopic (exact) mass is 287 g/mol. The van der Waals surface area contributed by atoms with Crippen LogP contribution in [0.4, 0.5) is 24.5 Å². The molecule has 0 bridgehead atoms. The number of nitriles is 2. The number of hydrogen-bond donors (Lipinski definition) is 1. The van der Waals surface area contributed by atoms with Gasteiger partial charge >= 0.3 is 0 Å². The molecule has 0 saturated heterocycles. The molecule has 0 aliphatic rings. The number of aryl methyl sites for hydroxylation is 1. The number of nitrogens with zero attached hydrogens (tertiary/aromatic N) is 2. The molecule has 2 rings (SSSR count). The Hall–Kier alpha value is -2.99. The Morgan fingerprint density at radius 2 is 1.57 bits per heavy atom. The van der Waals surface area contributed by atoms with Gasteiger partial charge in [0.2, 0.25) is 0 Å². The zero-order chi connectivity index (χ0) is 15.6. The molecule has 0 aliphatic carbocycles. The van der Waals surface area contributed by atoms with Gasteiger partial charge in [-0.2, -0.15) is 10.5 Å². The molecule has 0 aliphatic heterocycles.